The van der Waals surface area contributed by atoms with Crippen molar-refractivity contribution in [3.05, 3.63) is 34.9 Å². The van der Waals surface area contributed by atoms with E-state index in [4.69, 9.17) is 0 Å². The van der Waals surface area contributed by atoms with E-state index in [9.17, 15) is 5.11 Å². The fraction of sp³-hybridized carbons (Fsp3) is 0.625. The molecule has 92 valence electrons. The predicted octanol–water partition coefficient (Wildman–Crippen LogP) is 3.72. The van der Waals surface area contributed by atoms with Crippen LogP contribution in [0.4, 0.5) is 0 Å². The smallest absolute Gasteiger partial charge is 0.0896 e. The zero-order chi connectivity index (χ0) is 11.7. The standard InChI is InChI=1S/C16H22O/c17-16(10-3-1-2-4-11-16)15-9-8-13-6-5-7-14(13)12-15/h8-9,12,17H,1-7,10-11H2. The lowest BCUT2D eigenvalue weighted by Gasteiger charge is -2.27. The molecule has 1 aromatic rings. The minimum Gasteiger partial charge on any atom is -0.385 e. The second-order valence-corrected chi connectivity index (χ2v) is 5.78. The zero-order valence-corrected chi connectivity index (χ0v) is 10.5. The monoisotopic (exact) mass is 230 g/mol. The molecule has 0 heterocycles. The number of benzene rings is 1. The van der Waals surface area contributed by atoms with Gasteiger partial charge in [-0.15, -0.1) is 0 Å². The van der Waals surface area contributed by atoms with Gasteiger partial charge in [0.25, 0.3) is 0 Å². The van der Waals surface area contributed by atoms with Crippen molar-refractivity contribution in [1.29, 1.82) is 0 Å². The Morgan fingerprint density at radius 1 is 0.824 bits per heavy atom. The van der Waals surface area contributed by atoms with Crippen molar-refractivity contribution in [2.45, 2.75) is 63.4 Å². The quantitative estimate of drug-likeness (QED) is 0.729. The third-order valence-corrected chi connectivity index (χ3v) is 4.57. The molecule has 3 rings (SSSR count). The van der Waals surface area contributed by atoms with Crippen LogP contribution in [0.25, 0.3) is 0 Å². The molecule has 1 heteroatoms. The Bertz CT molecular complexity index is 400. The van der Waals surface area contributed by atoms with Gasteiger partial charge in [-0.25, -0.2) is 0 Å². The molecule has 1 saturated carbocycles. The van der Waals surface area contributed by atoms with Crippen LogP contribution in [0.3, 0.4) is 0 Å². The van der Waals surface area contributed by atoms with Crippen LogP contribution in [0.5, 0.6) is 0 Å². The highest BCUT2D eigenvalue weighted by atomic mass is 16.3. The molecule has 0 aliphatic heterocycles. The van der Waals surface area contributed by atoms with Gasteiger partial charge in [0.05, 0.1) is 5.60 Å². The number of hydrogen-bond donors (Lipinski definition) is 1. The summed E-state index contributed by atoms with van der Waals surface area (Å²) in [6, 6.07) is 6.71. The average Bonchev–Trinajstić information content (AvgIpc) is 2.70. The molecule has 0 bridgehead atoms. The lowest BCUT2D eigenvalue weighted by atomic mass is 9.85. The first-order chi connectivity index (χ1) is 8.28. The van der Waals surface area contributed by atoms with E-state index < -0.39 is 5.60 Å². The molecular formula is C16H22O. The third-order valence-electron chi connectivity index (χ3n) is 4.57. The number of aryl methyl sites for hydroxylation is 2. The van der Waals surface area contributed by atoms with Gasteiger partial charge in [-0.2, -0.15) is 0 Å². The van der Waals surface area contributed by atoms with Gasteiger partial charge in [-0.1, -0.05) is 43.9 Å². The molecule has 0 saturated heterocycles. The fourth-order valence-corrected chi connectivity index (χ4v) is 3.46. The van der Waals surface area contributed by atoms with E-state index in [2.05, 4.69) is 18.2 Å². The molecule has 0 spiro atoms. The molecule has 2 aliphatic carbocycles. The van der Waals surface area contributed by atoms with Crippen molar-refractivity contribution in [3.8, 4) is 0 Å². The highest BCUT2D eigenvalue weighted by molar-refractivity contribution is 5.37. The van der Waals surface area contributed by atoms with Crippen LogP contribution < -0.4 is 0 Å². The van der Waals surface area contributed by atoms with Gasteiger partial charge in [-0.3, -0.25) is 0 Å². The molecule has 0 aromatic heterocycles. The van der Waals surface area contributed by atoms with Crippen LogP contribution in [0.15, 0.2) is 18.2 Å². The van der Waals surface area contributed by atoms with Gasteiger partial charge >= 0.3 is 0 Å². The Kier molecular flexibility index (Phi) is 2.96. The van der Waals surface area contributed by atoms with Crippen molar-refractivity contribution < 1.29 is 5.11 Å². The van der Waals surface area contributed by atoms with E-state index in [1.165, 1.54) is 61.6 Å². The normalized spacial score (nSPS) is 23.1. The first kappa shape index (κ1) is 11.3. The van der Waals surface area contributed by atoms with Gasteiger partial charge in [0.1, 0.15) is 0 Å². The summed E-state index contributed by atoms with van der Waals surface area (Å²) in [6.45, 7) is 0. The van der Waals surface area contributed by atoms with E-state index in [0.29, 0.717) is 0 Å². The average molecular weight is 230 g/mol. The molecule has 1 nitrogen and oxygen atoms in total. The number of fused-ring (bicyclic) bond motifs is 1. The molecule has 1 aromatic carbocycles. The molecule has 17 heavy (non-hydrogen) atoms. The molecule has 1 fully saturated rings. The predicted molar refractivity (Wildman–Crippen MR) is 70.1 cm³/mol. The molecule has 0 amide bonds. The highest BCUT2D eigenvalue weighted by Crippen LogP contribution is 2.37. The van der Waals surface area contributed by atoms with Gasteiger partial charge < -0.3 is 5.11 Å². The van der Waals surface area contributed by atoms with Crippen molar-refractivity contribution in [1.82, 2.24) is 0 Å². The Morgan fingerprint density at radius 3 is 2.29 bits per heavy atom. The summed E-state index contributed by atoms with van der Waals surface area (Å²) < 4.78 is 0. The van der Waals surface area contributed by atoms with Gasteiger partial charge in [0.2, 0.25) is 0 Å². The number of rotatable bonds is 1. The summed E-state index contributed by atoms with van der Waals surface area (Å²) in [5, 5.41) is 10.9. The van der Waals surface area contributed by atoms with Crippen molar-refractivity contribution in [2.75, 3.05) is 0 Å². The van der Waals surface area contributed by atoms with Gasteiger partial charge in [0.15, 0.2) is 0 Å². The summed E-state index contributed by atoms with van der Waals surface area (Å²) in [5.41, 5.74) is 3.64. The Hall–Kier alpha value is -0.820. The van der Waals surface area contributed by atoms with Crippen LogP contribution in [-0.4, -0.2) is 5.11 Å². The molecule has 0 unspecified atom stereocenters. The van der Waals surface area contributed by atoms with Crippen LogP contribution in [0, 0.1) is 0 Å². The van der Waals surface area contributed by atoms with Crippen LogP contribution in [0.1, 0.15) is 61.6 Å². The van der Waals surface area contributed by atoms with Crippen molar-refractivity contribution in [2.24, 2.45) is 0 Å². The maximum atomic E-state index is 10.9. The summed E-state index contributed by atoms with van der Waals surface area (Å²) in [5.74, 6) is 0. The third kappa shape index (κ3) is 2.13. The van der Waals surface area contributed by atoms with Crippen molar-refractivity contribution >= 4 is 0 Å². The largest absolute Gasteiger partial charge is 0.385 e. The zero-order valence-electron chi connectivity index (χ0n) is 10.5. The first-order valence-corrected chi connectivity index (χ1v) is 7.13. The van der Waals surface area contributed by atoms with Crippen LogP contribution >= 0.6 is 0 Å². The molecule has 2 aliphatic rings. The summed E-state index contributed by atoms with van der Waals surface area (Å²) in [4.78, 5) is 0. The Morgan fingerprint density at radius 2 is 1.53 bits per heavy atom. The topological polar surface area (TPSA) is 20.2 Å². The summed E-state index contributed by atoms with van der Waals surface area (Å²) in [6.07, 6.45) is 10.5. The van der Waals surface area contributed by atoms with E-state index in [0.717, 1.165) is 12.8 Å². The SMILES string of the molecule is OC1(c2ccc3c(c2)CCC3)CCCCCC1. The van der Waals surface area contributed by atoms with Crippen LogP contribution in [-0.2, 0) is 18.4 Å². The first-order valence-electron chi connectivity index (χ1n) is 7.13. The lowest BCUT2D eigenvalue weighted by molar-refractivity contribution is 0.0206. The van der Waals surface area contributed by atoms with Crippen molar-refractivity contribution in [3.63, 3.8) is 0 Å². The minimum absolute atomic E-state index is 0.534. The molecule has 1 N–H and O–H groups in total. The molecule has 0 radical (unpaired) electrons. The fourth-order valence-electron chi connectivity index (χ4n) is 3.46. The highest BCUT2D eigenvalue weighted by Gasteiger charge is 2.30. The second-order valence-electron chi connectivity index (χ2n) is 5.78. The number of hydrogen-bond acceptors (Lipinski definition) is 1. The Balaban J connectivity index is 1.91. The van der Waals surface area contributed by atoms with E-state index in [-0.39, 0.29) is 0 Å². The van der Waals surface area contributed by atoms with Gasteiger partial charge in [0, 0.05) is 0 Å². The second kappa shape index (κ2) is 4.45. The number of aliphatic hydroxyl groups is 1. The molecular weight excluding hydrogens is 208 g/mol. The van der Waals surface area contributed by atoms with Gasteiger partial charge in [-0.05, 0) is 48.8 Å². The summed E-state index contributed by atoms with van der Waals surface area (Å²) >= 11 is 0. The lowest BCUT2D eigenvalue weighted by Crippen LogP contribution is -2.24. The maximum absolute atomic E-state index is 10.9. The van der Waals surface area contributed by atoms with Crippen LogP contribution in [0.2, 0.25) is 0 Å². The maximum Gasteiger partial charge on any atom is 0.0896 e. The van der Waals surface area contributed by atoms with E-state index in [1.807, 2.05) is 0 Å². The van der Waals surface area contributed by atoms with E-state index in [1.54, 1.807) is 0 Å². The molecule has 0 atom stereocenters. The summed E-state index contributed by atoms with van der Waals surface area (Å²) in [7, 11) is 0. The minimum atomic E-state index is -0.534. The van der Waals surface area contributed by atoms with E-state index >= 15 is 0 Å². The Labute approximate surface area is 104 Å².